The molecule has 0 radical (unpaired) electrons. The third kappa shape index (κ3) is 3.94. The van der Waals surface area contributed by atoms with Crippen LogP contribution < -0.4 is 19.7 Å². The van der Waals surface area contributed by atoms with Gasteiger partial charge in [0.1, 0.15) is 0 Å². The first kappa shape index (κ1) is 16.5. The lowest BCUT2D eigenvalue weighted by Gasteiger charge is -2.33. The maximum Gasteiger partial charge on any atom is 0.161 e. The first-order valence-corrected chi connectivity index (χ1v) is 8.27. The summed E-state index contributed by atoms with van der Waals surface area (Å²) >= 11 is 0. The third-order valence-corrected chi connectivity index (χ3v) is 4.35. The van der Waals surface area contributed by atoms with Crippen molar-refractivity contribution in [3.8, 4) is 11.5 Å². The molecule has 24 heavy (non-hydrogen) atoms. The first-order valence-electron chi connectivity index (χ1n) is 8.27. The largest absolute Gasteiger partial charge is 0.493 e. The Bertz CT molecular complexity index is 651. The quantitative estimate of drug-likeness (QED) is 0.878. The van der Waals surface area contributed by atoms with Crippen LogP contribution in [0.2, 0.25) is 0 Å². The van der Waals surface area contributed by atoms with Gasteiger partial charge in [-0.05, 0) is 42.7 Å². The summed E-state index contributed by atoms with van der Waals surface area (Å²) in [5.74, 6) is 2.48. The summed E-state index contributed by atoms with van der Waals surface area (Å²) in [6, 6.07) is 10.4. The van der Waals surface area contributed by atoms with Crippen LogP contribution in [0.1, 0.15) is 18.4 Å². The lowest BCUT2D eigenvalue weighted by Crippen LogP contribution is -2.45. The fraction of sp³-hybridized carbons (Fsp3) is 0.444. The number of hydrogen-bond donors (Lipinski definition) is 1. The summed E-state index contributed by atoms with van der Waals surface area (Å²) in [7, 11) is 3.31. The maximum absolute atomic E-state index is 5.37. The van der Waals surface area contributed by atoms with Crippen LogP contribution in [-0.2, 0) is 6.54 Å². The molecule has 128 valence electrons. The van der Waals surface area contributed by atoms with Crippen molar-refractivity contribution in [2.45, 2.75) is 25.4 Å². The van der Waals surface area contributed by atoms with Crippen molar-refractivity contribution in [2.24, 2.45) is 0 Å². The van der Waals surface area contributed by atoms with E-state index in [0.717, 1.165) is 43.4 Å². The number of piperidine rings is 1. The zero-order valence-electron chi connectivity index (χ0n) is 14.2. The fourth-order valence-corrected chi connectivity index (χ4v) is 3.07. The number of hydrogen-bond acceptors (Lipinski definition) is 6. The van der Waals surface area contributed by atoms with Gasteiger partial charge in [0.25, 0.3) is 0 Å². The van der Waals surface area contributed by atoms with Gasteiger partial charge in [-0.25, -0.2) is 0 Å². The molecule has 1 aromatic heterocycles. The number of ether oxygens (including phenoxy) is 2. The van der Waals surface area contributed by atoms with Gasteiger partial charge in [0, 0.05) is 31.9 Å². The topological polar surface area (TPSA) is 59.5 Å². The van der Waals surface area contributed by atoms with E-state index in [4.69, 9.17) is 9.47 Å². The molecule has 3 rings (SSSR count). The monoisotopic (exact) mass is 328 g/mol. The Morgan fingerprint density at radius 2 is 2.08 bits per heavy atom. The molecule has 1 aliphatic heterocycles. The number of nitrogens with zero attached hydrogens (tertiary/aromatic N) is 3. The second-order valence-corrected chi connectivity index (χ2v) is 5.94. The second kappa shape index (κ2) is 7.97. The number of anilines is 1. The lowest BCUT2D eigenvalue weighted by atomic mass is 10.1. The van der Waals surface area contributed by atoms with E-state index in [-0.39, 0.29) is 0 Å². The van der Waals surface area contributed by atoms with Crippen LogP contribution in [0.5, 0.6) is 11.5 Å². The molecule has 2 aromatic rings. The minimum Gasteiger partial charge on any atom is -0.493 e. The van der Waals surface area contributed by atoms with E-state index in [9.17, 15) is 0 Å². The van der Waals surface area contributed by atoms with Gasteiger partial charge in [-0.15, -0.1) is 5.10 Å². The zero-order chi connectivity index (χ0) is 16.8. The molecule has 1 fully saturated rings. The molecule has 0 spiro atoms. The highest BCUT2D eigenvalue weighted by Crippen LogP contribution is 2.27. The smallest absolute Gasteiger partial charge is 0.161 e. The molecule has 0 aliphatic carbocycles. The molecule has 0 amide bonds. The van der Waals surface area contributed by atoms with Crippen LogP contribution in [-0.4, -0.2) is 43.5 Å². The van der Waals surface area contributed by atoms with E-state index >= 15 is 0 Å². The fourth-order valence-electron chi connectivity index (χ4n) is 3.07. The number of rotatable bonds is 6. The molecule has 2 heterocycles. The van der Waals surface area contributed by atoms with Crippen LogP contribution in [0.4, 0.5) is 5.82 Å². The standard InChI is InChI=1S/C18H24N4O2/c1-23-16-8-7-14(11-17(16)24-2)12-19-15-5-4-10-22(13-15)18-6-3-9-20-21-18/h3,6-9,11,15,19H,4-5,10,12-13H2,1-2H3/t15-/m0/s1. The van der Waals surface area contributed by atoms with Crippen molar-refractivity contribution in [3.63, 3.8) is 0 Å². The molecule has 1 aromatic carbocycles. The van der Waals surface area contributed by atoms with Crippen molar-refractivity contribution >= 4 is 5.82 Å². The van der Waals surface area contributed by atoms with Gasteiger partial charge in [0.2, 0.25) is 0 Å². The molecule has 6 heteroatoms. The number of nitrogens with one attached hydrogen (secondary N) is 1. The van der Waals surface area contributed by atoms with E-state index in [1.807, 2.05) is 24.3 Å². The minimum absolute atomic E-state index is 0.439. The molecule has 1 N–H and O–H groups in total. The van der Waals surface area contributed by atoms with Gasteiger partial charge in [-0.2, -0.15) is 5.10 Å². The Balaban J connectivity index is 1.58. The van der Waals surface area contributed by atoms with E-state index in [0.29, 0.717) is 6.04 Å². The van der Waals surface area contributed by atoms with Gasteiger partial charge < -0.3 is 19.7 Å². The third-order valence-electron chi connectivity index (χ3n) is 4.35. The van der Waals surface area contributed by atoms with Gasteiger partial charge in [-0.3, -0.25) is 0 Å². The summed E-state index contributed by atoms with van der Waals surface area (Å²) in [5, 5.41) is 11.8. The summed E-state index contributed by atoms with van der Waals surface area (Å²) in [6.07, 6.45) is 4.03. The predicted molar refractivity (Wildman–Crippen MR) is 93.7 cm³/mol. The van der Waals surface area contributed by atoms with Crippen molar-refractivity contribution in [1.29, 1.82) is 0 Å². The van der Waals surface area contributed by atoms with Crippen LogP contribution >= 0.6 is 0 Å². The van der Waals surface area contributed by atoms with Gasteiger partial charge in [0.05, 0.1) is 14.2 Å². The van der Waals surface area contributed by atoms with Crippen molar-refractivity contribution in [2.75, 3.05) is 32.2 Å². The second-order valence-electron chi connectivity index (χ2n) is 5.94. The first-order chi connectivity index (χ1) is 11.8. The zero-order valence-corrected chi connectivity index (χ0v) is 14.2. The molecule has 1 atom stereocenters. The van der Waals surface area contributed by atoms with E-state index in [1.165, 1.54) is 12.0 Å². The molecular weight excluding hydrogens is 304 g/mol. The molecule has 0 saturated carbocycles. The van der Waals surface area contributed by atoms with Gasteiger partial charge >= 0.3 is 0 Å². The predicted octanol–water partition coefficient (Wildman–Crippen LogP) is 2.25. The van der Waals surface area contributed by atoms with Crippen molar-refractivity contribution in [3.05, 3.63) is 42.1 Å². The Labute approximate surface area is 142 Å². The average molecular weight is 328 g/mol. The SMILES string of the molecule is COc1ccc(CN[C@H]2CCCN(c3cccnn3)C2)cc1OC. The van der Waals surface area contributed by atoms with Crippen LogP contribution in [0.15, 0.2) is 36.5 Å². The summed E-state index contributed by atoms with van der Waals surface area (Å²) in [5.41, 5.74) is 1.18. The highest BCUT2D eigenvalue weighted by molar-refractivity contribution is 5.43. The molecule has 6 nitrogen and oxygen atoms in total. The van der Waals surface area contributed by atoms with E-state index in [1.54, 1.807) is 20.4 Å². The lowest BCUT2D eigenvalue weighted by molar-refractivity contribution is 0.354. The normalized spacial score (nSPS) is 17.6. The minimum atomic E-state index is 0.439. The summed E-state index contributed by atoms with van der Waals surface area (Å²) in [6.45, 7) is 2.79. The van der Waals surface area contributed by atoms with Crippen LogP contribution in [0.3, 0.4) is 0 Å². The molecule has 0 unspecified atom stereocenters. The summed E-state index contributed by atoms with van der Waals surface area (Å²) in [4.78, 5) is 2.29. The van der Waals surface area contributed by atoms with Crippen molar-refractivity contribution in [1.82, 2.24) is 15.5 Å². The Hall–Kier alpha value is -2.34. The molecule has 1 saturated heterocycles. The molecular formula is C18H24N4O2. The molecule has 0 bridgehead atoms. The van der Waals surface area contributed by atoms with Crippen LogP contribution in [0.25, 0.3) is 0 Å². The Morgan fingerprint density at radius 1 is 1.21 bits per heavy atom. The number of aromatic nitrogens is 2. The number of methoxy groups -OCH3 is 2. The van der Waals surface area contributed by atoms with Gasteiger partial charge in [0.15, 0.2) is 17.3 Å². The van der Waals surface area contributed by atoms with Crippen LogP contribution in [0, 0.1) is 0 Å². The highest BCUT2D eigenvalue weighted by atomic mass is 16.5. The van der Waals surface area contributed by atoms with E-state index in [2.05, 4.69) is 26.5 Å². The molecule has 1 aliphatic rings. The number of benzene rings is 1. The van der Waals surface area contributed by atoms with Gasteiger partial charge in [-0.1, -0.05) is 6.07 Å². The highest BCUT2D eigenvalue weighted by Gasteiger charge is 2.20. The van der Waals surface area contributed by atoms with E-state index < -0.39 is 0 Å². The Kier molecular flexibility index (Phi) is 5.48. The van der Waals surface area contributed by atoms with Crippen molar-refractivity contribution < 1.29 is 9.47 Å². The summed E-state index contributed by atoms with van der Waals surface area (Å²) < 4.78 is 10.7. The maximum atomic E-state index is 5.37. The average Bonchev–Trinajstić information content (AvgIpc) is 2.67. The Morgan fingerprint density at radius 3 is 2.83 bits per heavy atom.